The molecule has 20 heavy (non-hydrogen) atoms. The van der Waals surface area contributed by atoms with E-state index in [0.717, 1.165) is 9.90 Å². The van der Waals surface area contributed by atoms with Crippen LogP contribution in [0.4, 0.5) is 4.39 Å². The smallest absolute Gasteiger partial charge is 0.227 e. The number of hydrogen-bond acceptors (Lipinski definition) is 6. The summed E-state index contributed by atoms with van der Waals surface area (Å²) in [6.07, 6.45) is 0. The summed E-state index contributed by atoms with van der Waals surface area (Å²) in [5.41, 5.74) is 5.89. The zero-order chi connectivity index (χ0) is 14.5. The molecule has 106 valence electrons. The maximum Gasteiger partial charge on any atom is 0.227 e. The normalized spacial score (nSPS) is 10.7. The van der Waals surface area contributed by atoms with Crippen LogP contribution >= 0.6 is 46.5 Å². The molecule has 0 aliphatic carbocycles. The minimum atomic E-state index is -0.391. The second kappa shape index (κ2) is 7.26. The molecule has 4 nitrogen and oxygen atoms in total. The molecule has 1 heterocycles. The van der Waals surface area contributed by atoms with Gasteiger partial charge in [0.2, 0.25) is 5.91 Å². The van der Waals surface area contributed by atoms with Gasteiger partial charge in [0, 0.05) is 10.8 Å². The van der Waals surface area contributed by atoms with Gasteiger partial charge in [-0.2, -0.15) is 0 Å². The number of hydrogen-bond donors (Lipinski definition) is 1. The number of aromatic nitrogens is 2. The van der Waals surface area contributed by atoms with Gasteiger partial charge in [-0.05, 0) is 17.7 Å². The molecular weight excluding hydrogens is 341 g/mol. The second-order valence-corrected chi connectivity index (χ2v) is 7.44. The SMILES string of the molecule is NC(=O)CSc1nnc(SCc2ccc(F)cc2Cl)s1. The molecule has 0 fully saturated rings. The van der Waals surface area contributed by atoms with Crippen LogP contribution < -0.4 is 5.73 Å². The van der Waals surface area contributed by atoms with Gasteiger partial charge in [0.15, 0.2) is 8.68 Å². The number of nitrogens with two attached hydrogens (primary N) is 1. The van der Waals surface area contributed by atoms with Crippen molar-refractivity contribution >= 4 is 52.4 Å². The van der Waals surface area contributed by atoms with Gasteiger partial charge in [-0.25, -0.2) is 4.39 Å². The minimum absolute atomic E-state index is 0.184. The van der Waals surface area contributed by atoms with Gasteiger partial charge < -0.3 is 5.73 Å². The van der Waals surface area contributed by atoms with Crippen LogP contribution in [0.2, 0.25) is 5.02 Å². The standard InChI is InChI=1S/C11H9ClFN3OS3/c12-8-3-7(13)2-1-6(8)4-18-10-15-16-11(20-10)19-5-9(14)17/h1-3H,4-5H2,(H2,14,17). The first-order valence-electron chi connectivity index (χ1n) is 5.36. The van der Waals surface area contributed by atoms with Crippen LogP contribution in [0, 0.1) is 5.82 Å². The lowest BCUT2D eigenvalue weighted by molar-refractivity contribution is -0.115. The van der Waals surface area contributed by atoms with Crippen molar-refractivity contribution in [3.05, 3.63) is 34.6 Å². The lowest BCUT2D eigenvalue weighted by Crippen LogP contribution is -2.12. The Morgan fingerprint density at radius 3 is 2.70 bits per heavy atom. The Bertz CT molecular complexity index is 623. The maximum absolute atomic E-state index is 12.9. The molecular formula is C11H9ClFN3OS3. The Morgan fingerprint density at radius 2 is 2.05 bits per heavy atom. The minimum Gasteiger partial charge on any atom is -0.369 e. The number of rotatable bonds is 6. The van der Waals surface area contributed by atoms with Crippen LogP contribution in [0.5, 0.6) is 0 Å². The van der Waals surface area contributed by atoms with Crippen LogP contribution in [0.1, 0.15) is 5.56 Å². The van der Waals surface area contributed by atoms with E-state index < -0.39 is 5.91 Å². The molecule has 1 aromatic carbocycles. The zero-order valence-electron chi connectivity index (χ0n) is 10.0. The Kier molecular flexibility index (Phi) is 5.64. The number of carbonyl (C=O) groups is 1. The summed E-state index contributed by atoms with van der Waals surface area (Å²) in [6.45, 7) is 0. The number of nitrogens with zero attached hydrogens (tertiary/aromatic N) is 2. The third kappa shape index (κ3) is 4.62. The predicted octanol–water partition coefficient (Wildman–Crippen LogP) is 3.20. The number of thioether (sulfide) groups is 2. The van der Waals surface area contributed by atoms with Gasteiger partial charge in [-0.1, -0.05) is 52.5 Å². The predicted molar refractivity (Wildman–Crippen MR) is 80.8 cm³/mol. The average Bonchev–Trinajstić information content (AvgIpc) is 2.83. The highest BCUT2D eigenvalue weighted by Gasteiger charge is 2.09. The van der Waals surface area contributed by atoms with Crippen LogP contribution in [0.15, 0.2) is 26.9 Å². The van der Waals surface area contributed by atoms with E-state index in [2.05, 4.69) is 10.2 Å². The molecule has 9 heteroatoms. The van der Waals surface area contributed by atoms with Crippen molar-refractivity contribution in [2.75, 3.05) is 5.75 Å². The van der Waals surface area contributed by atoms with Crippen molar-refractivity contribution in [3.63, 3.8) is 0 Å². The summed E-state index contributed by atoms with van der Waals surface area (Å²) in [6, 6.07) is 4.30. The van der Waals surface area contributed by atoms with Crippen molar-refractivity contribution in [2.45, 2.75) is 14.4 Å². The summed E-state index contributed by atoms with van der Waals surface area (Å²) >= 11 is 10.0. The van der Waals surface area contributed by atoms with Crippen molar-refractivity contribution in [1.29, 1.82) is 0 Å². The summed E-state index contributed by atoms with van der Waals surface area (Å²) in [7, 11) is 0. The number of amides is 1. The molecule has 0 aliphatic rings. The first kappa shape index (κ1) is 15.6. The van der Waals surface area contributed by atoms with Gasteiger partial charge >= 0.3 is 0 Å². The lowest BCUT2D eigenvalue weighted by Gasteiger charge is -2.01. The Hall–Kier alpha value is -0.830. The summed E-state index contributed by atoms with van der Waals surface area (Å²) in [5, 5.41) is 8.34. The molecule has 0 unspecified atom stereocenters. The fourth-order valence-corrected chi connectivity index (χ4v) is 4.30. The molecule has 0 aliphatic heterocycles. The van der Waals surface area contributed by atoms with Gasteiger partial charge in [-0.15, -0.1) is 10.2 Å². The molecule has 0 saturated heterocycles. The van der Waals surface area contributed by atoms with E-state index in [0.29, 0.717) is 15.1 Å². The number of primary amides is 1. The van der Waals surface area contributed by atoms with Gasteiger partial charge in [0.25, 0.3) is 0 Å². The largest absolute Gasteiger partial charge is 0.369 e. The summed E-state index contributed by atoms with van der Waals surface area (Å²) in [4.78, 5) is 10.7. The molecule has 2 rings (SSSR count). The van der Waals surface area contributed by atoms with E-state index in [4.69, 9.17) is 17.3 Å². The van der Waals surface area contributed by atoms with E-state index in [9.17, 15) is 9.18 Å². The number of benzene rings is 1. The molecule has 1 aromatic heterocycles. The average molecular weight is 350 g/mol. The lowest BCUT2D eigenvalue weighted by atomic mass is 10.2. The van der Waals surface area contributed by atoms with Gasteiger partial charge in [0.05, 0.1) is 5.75 Å². The number of carbonyl (C=O) groups excluding carboxylic acids is 1. The third-order valence-electron chi connectivity index (χ3n) is 2.09. The first-order chi connectivity index (χ1) is 9.54. The van der Waals surface area contributed by atoms with Gasteiger partial charge in [0.1, 0.15) is 5.82 Å². The second-order valence-electron chi connectivity index (χ2n) is 3.61. The van der Waals surface area contributed by atoms with E-state index in [1.165, 1.54) is 47.0 Å². The highest BCUT2D eigenvalue weighted by molar-refractivity contribution is 8.03. The van der Waals surface area contributed by atoms with Crippen LogP contribution in [-0.2, 0) is 10.5 Å². The van der Waals surface area contributed by atoms with Gasteiger partial charge in [-0.3, -0.25) is 4.79 Å². The Balaban J connectivity index is 1.92. The molecule has 2 N–H and O–H groups in total. The van der Waals surface area contributed by atoms with Crippen molar-refractivity contribution in [3.8, 4) is 0 Å². The quantitative estimate of drug-likeness (QED) is 0.811. The maximum atomic E-state index is 12.9. The molecule has 0 spiro atoms. The van der Waals surface area contributed by atoms with E-state index >= 15 is 0 Å². The number of halogens is 2. The van der Waals surface area contributed by atoms with Crippen molar-refractivity contribution in [2.24, 2.45) is 5.73 Å². The molecule has 2 aromatic rings. The molecule has 0 atom stereocenters. The van der Waals surface area contributed by atoms with E-state index in [-0.39, 0.29) is 11.6 Å². The fraction of sp³-hybridized carbons (Fsp3) is 0.182. The van der Waals surface area contributed by atoms with Crippen molar-refractivity contribution in [1.82, 2.24) is 10.2 Å². The zero-order valence-corrected chi connectivity index (χ0v) is 13.2. The molecule has 1 amide bonds. The Labute approximate surface area is 132 Å². The molecule has 0 saturated carbocycles. The first-order valence-corrected chi connectivity index (χ1v) is 8.52. The highest BCUT2D eigenvalue weighted by atomic mass is 35.5. The molecule has 0 radical (unpaired) electrons. The molecule has 0 bridgehead atoms. The monoisotopic (exact) mass is 349 g/mol. The topological polar surface area (TPSA) is 68.9 Å². The van der Waals surface area contributed by atoms with Crippen LogP contribution in [0.3, 0.4) is 0 Å². The third-order valence-corrected chi connectivity index (χ3v) is 5.70. The van der Waals surface area contributed by atoms with Crippen LogP contribution in [0.25, 0.3) is 0 Å². The highest BCUT2D eigenvalue weighted by Crippen LogP contribution is 2.32. The van der Waals surface area contributed by atoms with E-state index in [1.807, 2.05) is 0 Å². The van der Waals surface area contributed by atoms with Crippen LogP contribution in [-0.4, -0.2) is 21.9 Å². The summed E-state index contributed by atoms with van der Waals surface area (Å²) < 4.78 is 14.4. The summed E-state index contributed by atoms with van der Waals surface area (Å²) in [5.74, 6) is 0.0134. The fourth-order valence-electron chi connectivity index (χ4n) is 1.22. The van der Waals surface area contributed by atoms with Crippen molar-refractivity contribution < 1.29 is 9.18 Å². The Morgan fingerprint density at radius 1 is 1.35 bits per heavy atom. The van der Waals surface area contributed by atoms with E-state index in [1.54, 1.807) is 6.07 Å².